The lowest BCUT2D eigenvalue weighted by Gasteiger charge is -2.11. The molecule has 0 aliphatic rings. The van der Waals surface area contributed by atoms with Gasteiger partial charge in [0.2, 0.25) is 0 Å². The van der Waals surface area contributed by atoms with Crippen molar-refractivity contribution in [2.24, 2.45) is 0 Å². The van der Waals surface area contributed by atoms with Gasteiger partial charge in [-0.25, -0.2) is 0 Å². The molecule has 0 aliphatic heterocycles. The monoisotopic (exact) mass is 286 g/mol. The second-order valence-electron chi connectivity index (χ2n) is 4.71. The fourth-order valence-corrected chi connectivity index (χ4v) is 2.15. The summed E-state index contributed by atoms with van der Waals surface area (Å²) in [6, 6.07) is 16.3. The van der Waals surface area contributed by atoms with Crippen LogP contribution in [0.3, 0.4) is 0 Å². The van der Waals surface area contributed by atoms with Crippen molar-refractivity contribution in [2.45, 2.75) is 19.8 Å². The van der Waals surface area contributed by atoms with Crippen LogP contribution in [0.25, 0.3) is 0 Å². The molecule has 0 saturated carbocycles. The maximum Gasteiger partial charge on any atom is 0.189 e. The summed E-state index contributed by atoms with van der Waals surface area (Å²) >= 11 is 0. The van der Waals surface area contributed by atoms with Gasteiger partial charge < -0.3 is 14.2 Å². The van der Waals surface area contributed by atoms with Crippen LogP contribution in [0.1, 0.15) is 18.1 Å². The zero-order valence-corrected chi connectivity index (χ0v) is 12.7. The Morgan fingerprint density at radius 2 is 1.81 bits per heavy atom. The molecule has 0 N–H and O–H groups in total. The lowest BCUT2D eigenvalue weighted by Crippen LogP contribution is -2.04. The summed E-state index contributed by atoms with van der Waals surface area (Å²) in [6.45, 7) is 2.91. The van der Waals surface area contributed by atoms with Crippen molar-refractivity contribution >= 4 is 0 Å². The van der Waals surface area contributed by atoms with Crippen molar-refractivity contribution < 1.29 is 14.2 Å². The van der Waals surface area contributed by atoms with Gasteiger partial charge in [-0.1, -0.05) is 30.3 Å². The number of hydrogen-bond donors (Lipinski definition) is 0. The molecule has 2 rings (SSSR count). The van der Waals surface area contributed by atoms with Gasteiger partial charge in [0.15, 0.2) is 6.79 Å². The van der Waals surface area contributed by atoms with Gasteiger partial charge in [0.05, 0.1) is 7.11 Å². The van der Waals surface area contributed by atoms with E-state index in [1.165, 1.54) is 11.1 Å². The number of para-hydroxylation sites is 1. The Morgan fingerprint density at radius 3 is 2.62 bits per heavy atom. The molecule has 0 aliphatic carbocycles. The minimum absolute atomic E-state index is 0.298. The van der Waals surface area contributed by atoms with E-state index in [-0.39, 0.29) is 0 Å². The molecule has 0 heterocycles. The van der Waals surface area contributed by atoms with Crippen LogP contribution in [0.4, 0.5) is 0 Å². The van der Waals surface area contributed by atoms with Crippen molar-refractivity contribution in [3.8, 4) is 11.5 Å². The Balaban J connectivity index is 1.98. The van der Waals surface area contributed by atoms with Crippen LogP contribution in [0.15, 0.2) is 48.5 Å². The van der Waals surface area contributed by atoms with Crippen LogP contribution in [0, 0.1) is 0 Å². The van der Waals surface area contributed by atoms with Crippen LogP contribution in [0.2, 0.25) is 0 Å². The molecular weight excluding hydrogens is 264 g/mol. The molecular formula is C18H22O3. The SMILES string of the molecule is CCOCOc1ccccc1CCc1cccc(OC)c1. The highest BCUT2D eigenvalue weighted by molar-refractivity contribution is 5.35. The van der Waals surface area contributed by atoms with E-state index in [9.17, 15) is 0 Å². The second kappa shape index (κ2) is 8.32. The molecule has 0 aromatic heterocycles. The molecule has 0 fully saturated rings. The van der Waals surface area contributed by atoms with Gasteiger partial charge >= 0.3 is 0 Å². The molecule has 0 radical (unpaired) electrons. The average Bonchev–Trinajstić information content (AvgIpc) is 2.54. The fraction of sp³-hybridized carbons (Fsp3) is 0.333. The molecule has 0 amide bonds. The van der Waals surface area contributed by atoms with Crippen LogP contribution in [-0.2, 0) is 17.6 Å². The van der Waals surface area contributed by atoms with Gasteiger partial charge in [-0.2, -0.15) is 0 Å². The number of aryl methyl sites for hydroxylation is 2. The van der Waals surface area contributed by atoms with E-state index in [0.717, 1.165) is 24.3 Å². The van der Waals surface area contributed by atoms with Crippen LogP contribution in [-0.4, -0.2) is 20.5 Å². The largest absolute Gasteiger partial charge is 0.497 e. The normalized spacial score (nSPS) is 10.4. The Kier molecular flexibility index (Phi) is 6.10. The summed E-state index contributed by atoms with van der Waals surface area (Å²) in [4.78, 5) is 0. The van der Waals surface area contributed by atoms with E-state index in [0.29, 0.717) is 13.4 Å². The van der Waals surface area contributed by atoms with Gasteiger partial charge in [0.25, 0.3) is 0 Å². The zero-order chi connectivity index (χ0) is 14.9. The molecule has 21 heavy (non-hydrogen) atoms. The standard InChI is InChI=1S/C18H22O3/c1-3-20-14-21-18-10-5-4-8-16(18)12-11-15-7-6-9-17(13-15)19-2/h4-10,13H,3,11-12,14H2,1-2H3. The average molecular weight is 286 g/mol. The highest BCUT2D eigenvalue weighted by Gasteiger charge is 2.04. The number of methoxy groups -OCH3 is 1. The third-order valence-corrected chi connectivity index (χ3v) is 3.29. The van der Waals surface area contributed by atoms with E-state index in [4.69, 9.17) is 14.2 Å². The Bertz CT molecular complexity index is 552. The number of ether oxygens (including phenoxy) is 3. The predicted octanol–water partition coefficient (Wildman–Crippen LogP) is 3.85. The molecule has 0 unspecified atom stereocenters. The molecule has 2 aromatic rings. The topological polar surface area (TPSA) is 27.7 Å². The van der Waals surface area contributed by atoms with Crippen LogP contribution >= 0.6 is 0 Å². The van der Waals surface area contributed by atoms with Crippen LogP contribution < -0.4 is 9.47 Å². The first-order chi connectivity index (χ1) is 10.3. The van der Waals surface area contributed by atoms with Crippen LogP contribution in [0.5, 0.6) is 11.5 Å². The van der Waals surface area contributed by atoms with Gasteiger partial charge in [-0.15, -0.1) is 0 Å². The van der Waals surface area contributed by atoms with Crippen molar-refractivity contribution in [3.63, 3.8) is 0 Å². The first kappa shape index (κ1) is 15.4. The first-order valence-corrected chi connectivity index (χ1v) is 7.25. The van der Waals surface area contributed by atoms with E-state index in [1.54, 1.807) is 7.11 Å². The lowest BCUT2D eigenvalue weighted by molar-refractivity contribution is 0.0218. The Labute approximate surface area is 126 Å². The maximum atomic E-state index is 5.66. The number of hydrogen-bond acceptors (Lipinski definition) is 3. The van der Waals surface area contributed by atoms with E-state index >= 15 is 0 Å². The smallest absolute Gasteiger partial charge is 0.189 e. The summed E-state index contributed by atoms with van der Waals surface area (Å²) in [5.41, 5.74) is 2.45. The number of benzene rings is 2. The van der Waals surface area contributed by atoms with Gasteiger partial charge in [-0.3, -0.25) is 0 Å². The third-order valence-electron chi connectivity index (χ3n) is 3.29. The first-order valence-electron chi connectivity index (χ1n) is 7.25. The molecule has 0 spiro atoms. The second-order valence-corrected chi connectivity index (χ2v) is 4.71. The molecule has 112 valence electrons. The predicted molar refractivity (Wildman–Crippen MR) is 84.0 cm³/mol. The van der Waals surface area contributed by atoms with E-state index < -0.39 is 0 Å². The lowest BCUT2D eigenvalue weighted by atomic mass is 10.0. The Morgan fingerprint density at radius 1 is 0.952 bits per heavy atom. The van der Waals surface area contributed by atoms with Gasteiger partial charge in [0.1, 0.15) is 11.5 Å². The van der Waals surface area contributed by atoms with E-state index in [2.05, 4.69) is 18.2 Å². The zero-order valence-electron chi connectivity index (χ0n) is 12.7. The molecule has 3 heteroatoms. The molecule has 2 aromatic carbocycles. The molecule has 0 saturated heterocycles. The summed E-state index contributed by atoms with van der Waals surface area (Å²) in [5.74, 6) is 1.79. The summed E-state index contributed by atoms with van der Waals surface area (Å²) in [7, 11) is 1.69. The minimum atomic E-state index is 0.298. The van der Waals surface area contributed by atoms with Crippen molar-refractivity contribution in [2.75, 3.05) is 20.5 Å². The third kappa shape index (κ3) is 4.80. The quantitative estimate of drug-likeness (QED) is 0.545. The van der Waals surface area contributed by atoms with E-state index in [1.807, 2.05) is 37.3 Å². The molecule has 3 nitrogen and oxygen atoms in total. The maximum absolute atomic E-state index is 5.66. The van der Waals surface area contributed by atoms with Crippen molar-refractivity contribution in [1.29, 1.82) is 0 Å². The van der Waals surface area contributed by atoms with Crippen molar-refractivity contribution in [3.05, 3.63) is 59.7 Å². The summed E-state index contributed by atoms with van der Waals surface area (Å²) < 4.78 is 16.2. The number of rotatable bonds is 8. The molecule has 0 atom stereocenters. The minimum Gasteiger partial charge on any atom is -0.497 e. The Hall–Kier alpha value is -2.00. The summed E-state index contributed by atoms with van der Waals surface area (Å²) in [5, 5.41) is 0. The fourth-order valence-electron chi connectivity index (χ4n) is 2.15. The van der Waals surface area contributed by atoms with Gasteiger partial charge in [0, 0.05) is 6.61 Å². The van der Waals surface area contributed by atoms with Gasteiger partial charge in [-0.05, 0) is 49.1 Å². The summed E-state index contributed by atoms with van der Waals surface area (Å²) in [6.07, 6.45) is 1.88. The highest BCUT2D eigenvalue weighted by Crippen LogP contribution is 2.21. The highest BCUT2D eigenvalue weighted by atomic mass is 16.7. The molecule has 0 bridgehead atoms. The van der Waals surface area contributed by atoms with Crippen molar-refractivity contribution in [1.82, 2.24) is 0 Å².